The van der Waals surface area contributed by atoms with Crippen LogP contribution in [0, 0.1) is 15.5 Å². The second-order valence-electron chi connectivity index (χ2n) is 5.80. The zero-order chi connectivity index (χ0) is 22.9. The molecule has 2 aromatic carbocycles. The molecular formula is C19H27ClN6O5. The van der Waals surface area contributed by atoms with E-state index in [4.69, 9.17) is 27.7 Å². The second kappa shape index (κ2) is 17.2. The normalized spacial score (nSPS) is 9.84. The molecule has 0 unspecified atom stereocenters. The van der Waals surface area contributed by atoms with Crippen LogP contribution >= 0.6 is 12.4 Å². The Kier molecular flexibility index (Phi) is 16.4. The number of carbonyl (C=O) groups is 2. The molecule has 170 valence electrons. The molecule has 31 heavy (non-hydrogen) atoms. The maximum atomic E-state index is 10.2. The number of aliphatic carboxylic acids is 1. The molecule has 11 nitrogen and oxygen atoms in total. The standard InChI is InChI=1S/C7H6O.C6H14N4O2.C6H6N2O2.ClH/c8-6-7-4-2-1-3-5-7;7-4(5(11)12)2-1-3-10-6(8)9;7-5-1-3-6(4-2-5)8(9)10;/h1-6H;4H,1-3,7H2,(H,11,12)(H4,8,9,10);1-4H,7H2;1H/t;4-;;/m.0../s1. The molecule has 9 N–H and O–H groups in total. The summed E-state index contributed by atoms with van der Waals surface area (Å²) < 4.78 is 0. The van der Waals surface area contributed by atoms with E-state index in [2.05, 4.69) is 5.32 Å². The van der Waals surface area contributed by atoms with E-state index in [0.29, 0.717) is 25.1 Å². The SMILES string of the molecule is Cl.N=C(N)NCCC[C@H](N)C(=O)O.Nc1ccc([N+](=O)[O-])cc1.O=Cc1ccccc1. The lowest BCUT2D eigenvalue weighted by molar-refractivity contribution is -0.384. The number of anilines is 1. The Balaban J connectivity index is 0. The first kappa shape index (κ1) is 29.5. The molecular weight excluding hydrogens is 428 g/mol. The predicted octanol–water partition coefficient (Wildman–Crippen LogP) is 1.76. The van der Waals surface area contributed by atoms with Gasteiger partial charge in [-0.3, -0.25) is 25.1 Å². The highest BCUT2D eigenvalue weighted by Gasteiger charge is 2.09. The van der Waals surface area contributed by atoms with Crippen LogP contribution in [-0.2, 0) is 4.79 Å². The summed E-state index contributed by atoms with van der Waals surface area (Å²) in [4.78, 5) is 29.8. The van der Waals surface area contributed by atoms with Crippen molar-refractivity contribution in [2.45, 2.75) is 18.9 Å². The molecule has 0 saturated carbocycles. The van der Waals surface area contributed by atoms with Gasteiger partial charge in [-0.05, 0) is 25.0 Å². The van der Waals surface area contributed by atoms with Crippen LogP contribution in [-0.4, -0.2) is 40.8 Å². The minimum absolute atomic E-state index is 0. The number of aldehydes is 1. The van der Waals surface area contributed by atoms with Gasteiger partial charge in [-0.25, -0.2) is 0 Å². The Labute approximate surface area is 185 Å². The highest BCUT2D eigenvalue weighted by Crippen LogP contribution is 2.12. The van der Waals surface area contributed by atoms with Crippen molar-refractivity contribution >= 4 is 42.0 Å². The van der Waals surface area contributed by atoms with E-state index in [9.17, 15) is 19.7 Å². The molecule has 0 bridgehead atoms. The van der Waals surface area contributed by atoms with Crippen molar-refractivity contribution < 1.29 is 19.6 Å². The minimum atomic E-state index is -1.00. The molecule has 2 aromatic rings. The molecule has 0 radical (unpaired) electrons. The fourth-order valence-corrected chi connectivity index (χ4v) is 1.80. The quantitative estimate of drug-likeness (QED) is 0.0682. The molecule has 12 heteroatoms. The van der Waals surface area contributed by atoms with Crippen LogP contribution in [0.1, 0.15) is 23.2 Å². The molecule has 0 spiro atoms. The molecule has 0 aliphatic carbocycles. The van der Waals surface area contributed by atoms with Gasteiger partial charge in [-0.2, -0.15) is 0 Å². The van der Waals surface area contributed by atoms with Crippen molar-refractivity contribution in [1.29, 1.82) is 5.41 Å². The van der Waals surface area contributed by atoms with Crippen molar-refractivity contribution in [2.24, 2.45) is 11.5 Å². The number of guanidine groups is 1. The topological polar surface area (TPSA) is 211 Å². The van der Waals surface area contributed by atoms with Crippen molar-refractivity contribution in [3.63, 3.8) is 0 Å². The van der Waals surface area contributed by atoms with E-state index >= 15 is 0 Å². The summed E-state index contributed by atoms with van der Waals surface area (Å²) in [5, 5.41) is 27.8. The van der Waals surface area contributed by atoms with Gasteiger partial charge in [-0.15, -0.1) is 12.4 Å². The number of non-ortho nitro benzene ring substituents is 1. The van der Waals surface area contributed by atoms with Gasteiger partial charge in [0.05, 0.1) is 4.92 Å². The van der Waals surface area contributed by atoms with Gasteiger partial charge < -0.3 is 27.6 Å². The van der Waals surface area contributed by atoms with Gasteiger partial charge in [-0.1, -0.05) is 30.3 Å². The van der Waals surface area contributed by atoms with Crippen LogP contribution in [0.15, 0.2) is 54.6 Å². The third kappa shape index (κ3) is 15.9. The third-order valence-electron chi connectivity index (χ3n) is 3.36. The van der Waals surface area contributed by atoms with Crippen molar-refractivity contribution in [1.82, 2.24) is 5.32 Å². The van der Waals surface area contributed by atoms with Gasteiger partial charge in [0.1, 0.15) is 12.3 Å². The zero-order valence-electron chi connectivity index (χ0n) is 16.6. The Morgan fingerprint density at radius 2 is 1.74 bits per heavy atom. The Morgan fingerprint density at radius 3 is 2.13 bits per heavy atom. The summed E-state index contributed by atoms with van der Waals surface area (Å²) in [6.07, 6.45) is 1.81. The molecule has 2 rings (SSSR count). The van der Waals surface area contributed by atoms with E-state index < -0.39 is 16.9 Å². The Bertz CT molecular complexity index is 805. The first-order valence-corrected chi connectivity index (χ1v) is 8.73. The van der Waals surface area contributed by atoms with Crippen molar-refractivity contribution in [2.75, 3.05) is 12.3 Å². The average molecular weight is 455 g/mol. The summed E-state index contributed by atoms with van der Waals surface area (Å²) in [7, 11) is 0. The van der Waals surface area contributed by atoms with Gasteiger partial charge in [0.2, 0.25) is 0 Å². The fourth-order valence-electron chi connectivity index (χ4n) is 1.80. The fraction of sp³-hybridized carbons (Fsp3) is 0.211. The van der Waals surface area contributed by atoms with Crippen LogP contribution < -0.4 is 22.5 Å². The Hall–Kier alpha value is -3.70. The average Bonchev–Trinajstić information content (AvgIpc) is 2.72. The summed E-state index contributed by atoms with van der Waals surface area (Å²) in [6, 6.07) is 14.0. The molecule has 0 saturated heterocycles. The van der Waals surface area contributed by atoms with Gasteiger partial charge in [0.25, 0.3) is 5.69 Å². The molecule has 0 heterocycles. The highest BCUT2D eigenvalue weighted by atomic mass is 35.5. The van der Waals surface area contributed by atoms with E-state index in [0.717, 1.165) is 11.8 Å². The van der Waals surface area contributed by atoms with Gasteiger partial charge >= 0.3 is 5.97 Å². The monoisotopic (exact) mass is 454 g/mol. The maximum absolute atomic E-state index is 10.2. The number of carbonyl (C=O) groups excluding carboxylic acids is 1. The first-order valence-electron chi connectivity index (χ1n) is 8.73. The number of hydrogen-bond donors (Lipinski definition) is 6. The van der Waals surface area contributed by atoms with E-state index in [1.807, 2.05) is 18.2 Å². The number of nitrogen functional groups attached to an aromatic ring is 1. The predicted molar refractivity (Wildman–Crippen MR) is 121 cm³/mol. The number of halogens is 1. The third-order valence-corrected chi connectivity index (χ3v) is 3.36. The second-order valence-corrected chi connectivity index (χ2v) is 5.80. The summed E-state index contributed by atoms with van der Waals surface area (Å²) in [5.74, 6) is -1.11. The van der Waals surface area contributed by atoms with E-state index in [1.165, 1.54) is 24.3 Å². The minimum Gasteiger partial charge on any atom is -0.480 e. The van der Waals surface area contributed by atoms with E-state index in [-0.39, 0.29) is 24.1 Å². The van der Waals surface area contributed by atoms with Crippen LogP contribution in [0.5, 0.6) is 0 Å². The lowest BCUT2D eigenvalue weighted by Crippen LogP contribution is -2.34. The number of rotatable bonds is 7. The van der Waals surface area contributed by atoms with Gasteiger partial charge in [0, 0.05) is 29.9 Å². The van der Waals surface area contributed by atoms with Crippen LogP contribution in [0.3, 0.4) is 0 Å². The van der Waals surface area contributed by atoms with Crippen LogP contribution in [0.2, 0.25) is 0 Å². The number of nitrogens with two attached hydrogens (primary N) is 3. The summed E-state index contributed by atoms with van der Waals surface area (Å²) >= 11 is 0. The molecule has 0 aromatic heterocycles. The largest absolute Gasteiger partial charge is 0.480 e. The molecule has 0 aliphatic heterocycles. The van der Waals surface area contributed by atoms with E-state index in [1.54, 1.807) is 12.1 Å². The summed E-state index contributed by atoms with van der Waals surface area (Å²) in [5.41, 5.74) is 16.8. The zero-order valence-corrected chi connectivity index (χ0v) is 17.5. The van der Waals surface area contributed by atoms with Crippen LogP contribution in [0.4, 0.5) is 11.4 Å². The number of nitrogens with zero attached hydrogens (tertiary/aromatic N) is 1. The number of hydrogen-bond acceptors (Lipinski definition) is 7. The molecule has 0 aliphatic rings. The number of nitro benzene ring substituents is 1. The number of carboxylic acids is 1. The van der Waals surface area contributed by atoms with Crippen LogP contribution in [0.25, 0.3) is 0 Å². The van der Waals surface area contributed by atoms with Gasteiger partial charge in [0.15, 0.2) is 5.96 Å². The van der Waals surface area contributed by atoms with Crippen molar-refractivity contribution in [3.8, 4) is 0 Å². The lowest BCUT2D eigenvalue weighted by Gasteiger charge is -2.06. The molecule has 0 amide bonds. The number of nitrogens with one attached hydrogen (secondary N) is 2. The maximum Gasteiger partial charge on any atom is 0.320 e. The summed E-state index contributed by atoms with van der Waals surface area (Å²) in [6.45, 7) is 0.482. The molecule has 0 fully saturated rings. The number of nitro groups is 1. The smallest absolute Gasteiger partial charge is 0.320 e. The molecule has 1 atom stereocenters. The lowest BCUT2D eigenvalue weighted by atomic mass is 10.2. The number of carboxylic acid groups (broad SMARTS) is 1. The van der Waals surface area contributed by atoms with Crippen molar-refractivity contribution in [3.05, 3.63) is 70.3 Å². The number of benzene rings is 2. The first-order chi connectivity index (χ1) is 14.2. The highest BCUT2D eigenvalue weighted by molar-refractivity contribution is 5.85. The Morgan fingerprint density at radius 1 is 1.19 bits per heavy atom.